The Morgan fingerprint density at radius 2 is 1.89 bits per heavy atom. The van der Waals surface area contributed by atoms with Gasteiger partial charge in [-0.1, -0.05) is 29.3 Å². The number of aliphatic hydroxyl groups excluding tert-OH is 1. The highest BCUT2D eigenvalue weighted by Gasteiger charge is 2.16. The minimum atomic E-state index is -0.830. The van der Waals surface area contributed by atoms with Crippen molar-refractivity contribution in [3.63, 3.8) is 0 Å². The van der Waals surface area contributed by atoms with E-state index in [-0.39, 0.29) is 0 Å². The zero-order valence-corrected chi connectivity index (χ0v) is 13.7. The Labute approximate surface area is 135 Å². The van der Waals surface area contributed by atoms with E-state index in [1.54, 1.807) is 31.4 Å². The van der Waals surface area contributed by atoms with Crippen LogP contribution in [0.3, 0.4) is 0 Å². The third-order valence-electron chi connectivity index (χ3n) is 2.75. The van der Waals surface area contributed by atoms with Gasteiger partial charge in [-0.25, -0.2) is 0 Å². The van der Waals surface area contributed by atoms with Crippen LogP contribution in [0.2, 0.25) is 10.0 Å². The van der Waals surface area contributed by atoms with Gasteiger partial charge in [0.05, 0.1) is 12.1 Å². The van der Waals surface area contributed by atoms with Crippen molar-refractivity contribution in [2.24, 2.45) is 0 Å². The number of aliphatic hydroxyl groups is 1. The lowest BCUT2D eigenvalue weighted by atomic mass is 10.0. The van der Waals surface area contributed by atoms with Crippen molar-refractivity contribution >= 4 is 45.8 Å². The Hall–Kier alpha value is -0.490. The average molecular weight is 409 g/mol. The molecule has 0 aliphatic carbocycles. The van der Waals surface area contributed by atoms with Gasteiger partial charge in [-0.2, -0.15) is 0 Å². The molecule has 0 saturated heterocycles. The van der Waals surface area contributed by atoms with Crippen LogP contribution in [0.15, 0.2) is 36.4 Å². The first-order valence-corrected chi connectivity index (χ1v) is 7.33. The Balaban J connectivity index is 2.45. The maximum Gasteiger partial charge on any atom is 0.125 e. The number of hydrogen-bond acceptors (Lipinski definition) is 2. The minimum Gasteiger partial charge on any atom is -0.496 e. The topological polar surface area (TPSA) is 29.5 Å². The van der Waals surface area contributed by atoms with Crippen LogP contribution in [-0.2, 0) is 0 Å². The third-order valence-corrected chi connectivity index (χ3v) is 4.55. The van der Waals surface area contributed by atoms with Gasteiger partial charge in [-0.3, -0.25) is 0 Å². The predicted octanol–water partition coefficient (Wildman–Crippen LogP) is 4.69. The van der Waals surface area contributed by atoms with Gasteiger partial charge in [0.15, 0.2) is 0 Å². The fourth-order valence-electron chi connectivity index (χ4n) is 1.78. The van der Waals surface area contributed by atoms with Gasteiger partial charge in [-0.15, -0.1) is 0 Å². The lowest BCUT2D eigenvalue weighted by Crippen LogP contribution is -2.02. The van der Waals surface area contributed by atoms with E-state index >= 15 is 0 Å². The standard InChI is InChI=1S/C14H11Cl2IO2/c1-19-13-5-3-9(15)7-10(13)14(18)8-2-4-12(17)11(16)6-8/h2-7,14,18H,1H3. The first-order chi connectivity index (χ1) is 9.02. The summed E-state index contributed by atoms with van der Waals surface area (Å²) in [7, 11) is 1.56. The molecule has 0 bridgehead atoms. The molecule has 2 aromatic carbocycles. The van der Waals surface area contributed by atoms with E-state index in [1.165, 1.54) is 0 Å². The third kappa shape index (κ3) is 3.34. The molecule has 0 aromatic heterocycles. The Morgan fingerprint density at radius 1 is 1.16 bits per heavy atom. The van der Waals surface area contributed by atoms with Crippen LogP contribution in [0.5, 0.6) is 5.75 Å². The van der Waals surface area contributed by atoms with Gasteiger partial charge < -0.3 is 9.84 Å². The van der Waals surface area contributed by atoms with Crippen LogP contribution in [0.4, 0.5) is 0 Å². The van der Waals surface area contributed by atoms with Gasteiger partial charge in [0.25, 0.3) is 0 Å². The van der Waals surface area contributed by atoms with Crippen molar-refractivity contribution in [2.75, 3.05) is 7.11 Å². The van der Waals surface area contributed by atoms with Crippen LogP contribution in [0, 0.1) is 3.57 Å². The summed E-state index contributed by atoms with van der Waals surface area (Å²) in [6.45, 7) is 0. The van der Waals surface area contributed by atoms with Gasteiger partial charge in [0.1, 0.15) is 11.9 Å². The molecule has 0 spiro atoms. The SMILES string of the molecule is COc1ccc(Cl)cc1C(O)c1ccc(I)c(Cl)c1. The maximum atomic E-state index is 10.4. The van der Waals surface area contributed by atoms with Gasteiger partial charge >= 0.3 is 0 Å². The van der Waals surface area contributed by atoms with Crippen LogP contribution >= 0.6 is 45.8 Å². The number of ether oxygens (including phenoxy) is 1. The molecular formula is C14H11Cl2IO2. The number of halogens is 3. The van der Waals surface area contributed by atoms with Gasteiger partial charge in [0.2, 0.25) is 0 Å². The number of methoxy groups -OCH3 is 1. The Kier molecular flexibility index (Phi) is 4.95. The van der Waals surface area contributed by atoms with Crippen LogP contribution < -0.4 is 4.74 Å². The van der Waals surface area contributed by atoms with Crippen molar-refractivity contribution < 1.29 is 9.84 Å². The van der Waals surface area contributed by atoms with E-state index in [1.807, 2.05) is 12.1 Å². The highest BCUT2D eigenvalue weighted by atomic mass is 127. The molecule has 5 heteroatoms. The normalized spacial score (nSPS) is 12.3. The number of rotatable bonds is 3. The van der Waals surface area contributed by atoms with Crippen molar-refractivity contribution in [1.29, 1.82) is 0 Å². The molecule has 0 fully saturated rings. The average Bonchev–Trinajstić information content (AvgIpc) is 2.41. The van der Waals surface area contributed by atoms with Crippen LogP contribution in [0.25, 0.3) is 0 Å². The molecule has 2 nitrogen and oxygen atoms in total. The quantitative estimate of drug-likeness (QED) is 0.746. The number of benzene rings is 2. The molecule has 2 rings (SSSR count). The molecule has 0 saturated carbocycles. The van der Waals surface area contributed by atoms with Crippen molar-refractivity contribution in [3.05, 3.63) is 61.1 Å². The summed E-state index contributed by atoms with van der Waals surface area (Å²) in [5, 5.41) is 11.6. The van der Waals surface area contributed by atoms with Crippen molar-refractivity contribution in [1.82, 2.24) is 0 Å². The molecule has 0 amide bonds. The van der Waals surface area contributed by atoms with Crippen molar-refractivity contribution in [2.45, 2.75) is 6.10 Å². The largest absolute Gasteiger partial charge is 0.496 e. The van der Waals surface area contributed by atoms with E-state index in [0.29, 0.717) is 26.9 Å². The zero-order chi connectivity index (χ0) is 14.0. The van der Waals surface area contributed by atoms with Crippen molar-refractivity contribution in [3.8, 4) is 5.75 Å². The highest BCUT2D eigenvalue weighted by molar-refractivity contribution is 14.1. The van der Waals surface area contributed by atoms with E-state index in [0.717, 1.165) is 3.57 Å². The molecule has 0 radical (unpaired) electrons. The molecule has 1 N–H and O–H groups in total. The summed E-state index contributed by atoms with van der Waals surface area (Å²) in [4.78, 5) is 0. The van der Waals surface area contributed by atoms with E-state index in [4.69, 9.17) is 27.9 Å². The fourth-order valence-corrected chi connectivity index (χ4v) is 2.49. The first kappa shape index (κ1) is 14.9. The van der Waals surface area contributed by atoms with Crippen LogP contribution in [-0.4, -0.2) is 12.2 Å². The lowest BCUT2D eigenvalue weighted by molar-refractivity contribution is 0.214. The van der Waals surface area contributed by atoms with Gasteiger partial charge in [0, 0.05) is 14.2 Å². The molecule has 0 heterocycles. The van der Waals surface area contributed by atoms with E-state index in [9.17, 15) is 5.11 Å². The second kappa shape index (κ2) is 6.31. The molecular weight excluding hydrogens is 398 g/mol. The lowest BCUT2D eigenvalue weighted by Gasteiger charge is -2.16. The molecule has 1 atom stereocenters. The summed E-state index contributed by atoms with van der Waals surface area (Å²) in [6, 6.07) is 10.6. The monoisotopic (exact) mass is 408 g/mol. The van der Waals surface area contributed by atoms with E-state index < -0.39 is 6.10 Å². The highest BCUT2D eigenvalue weighted by Crippen LogP contribution is 2.33. The molecule has 2 aromatic rings. The minimum absolute atomic E-state index is 0.548. The summed E-state index contributed by atoms with van der Waals surface area (Å²) < 4.78 is 6.18. The summed E-state index contributed by atoms with van der Waals surface area (Å²) >= 11 is 14.2. The fraction of sp³-hybridized carbons (Fsp3) is 0.143. The maximum absolute atomic E-state index is 10.4. The predicted molar refractivity (Wildman–Crippen MR) is 86.2 cm³/mol. The Bertz CT molecular complexity index is 602. The van der Waals surface area contributed by atoms with Crippen LogP contribution in [0.1, 0.15) is 17.2 Å². The smallest absolute Gasteiger partial charge is 0.125 e. The van der Waals surface area contributed by atoms with E-state index in [2.05, 4.69) is 22.6 Å². The van der Waals surface area contributed by atoms with Gasteiger partial charge in [-0.05, 0) is 58.5 Å². The second-order valence-electron chi connectivity index (χ2n) is 3.96. The second-order valence-corrected chi connectivity index (χ2v) is 5.97. The first-order valence-electron chi connectivity index (χ1n) is 5.49. The molecule has 0 aliphatic heterocycles. The number of hydrogen-bond donors (Lipinski definition) is 1. The Morgan fingerprint density at radius 3 is 2.53 bits per heavy atom. The molecule has 100 valence electrons. The summed E-state index contributed by atoms with van der Waals surface area (Å²) in [5.74, 6) is 0.589. The summed E-state index contributed by atoms with van der Waals surface area (Å²) in [6.07, 6.45) is -0.830. The zero-order valence-electron chi connectivity index (χ0n) is 10.0. The molecule has 19 heavy (non-hydrogen) atoms. The summed E-state index contributed by atoms with van der Waals surface area (Å²) in [5.41, 5.74) is 1.32. The molecule has 0 aliphatic rings. The molecule has 1 unspecified atom stereocenters.